The van der Waals surface area contributed by atoms with Gasteiger partial charge >= 0.3 is 0 Å². The highest BCUT2D eigenvalue weighted by atomic mass is 32.1. The molecule has 2 aliphatic rings. The molecule has 5 rings (SSSR count). The fraction of sp³-hybridized carbons (Fsp3) is 0.522. The molecular formula is C46H70N8O2S2. The summed E-state index contributed by atoms with van der Waals surface area (Å²) in [5.41, 5.74) is 3.65. The molecule has 2 saturated heterocycles. The first kappa shape index (κ1) is 48.2. The number of nitrogens with zero attached hydrogens (tertiary/aromatic N) is 4. The summed E-state index contributed by atoms with van der Waals surface area (Å²) < 4.78 is 0. The van der Waals surface area contributed by atoms with E-state index in [0.717, 1.165) is 51.6 Å². The van der Waals surface area contributed by atoms with Crippen LogP contribution in [0.2, 0.25) is 0 Å². The second-order valence-corrected chi connectivity index (χ2v) is 15.7. The molecule has 318 valence electrons. The Morgan fingerprint density at radius 3 is 1.33 bits per heavy atom. The van der Waals surface area contributed by atoms with Crippen molar-refractivity contribution in [1.82, 2.24) is 19.6 Å². The van der Waals surface area contributed by atoms with E-state index in [9.17, 15) is 9.59 Å². The molecule has 2 atom stereocenters. The summed E-state index contributed by atoms with van der Waals surface area (Å²) in [6.07, 6.45) is 16.0. The van der Waals surface area contributed by atoms with Gasteiger partial charge in [-0.25, -0.2) is 0 Å². The standard InChI is InChI=1S/C46H66N8O2.2H2S/c1-3-5-7-9-11-19-28-53-41(30-37-22-15-13-16-23-37)33-51(45(53)47)35-43(55)49-39-26-21-27-40(32-39)50-44(56)36-52-34-42(31-38-24-17-14-18-25-38)54(46(52)48)29-20-12-10-8-6-4-2;;/h13-18,21-27,32,41-42,47-48H,3-12,19-20,28-31,33-36H2,1-2H3,(H,49,55)(H,50,56);2*1H2/t41-,42-;;/m0../s1. The minimum atomic E-state index is -0.196. The smallest absolute Gasteiger partial charge is 0.244 e. The van der Waals surface area contributed by atoms with Crippen LogP contribution in [-0.2, 0) is 22.4 Å². The van der Waals surface area contributed by atoms with Crippen molar-refractivity contribution in [3.05, 3.63) is 96.1 Å². The van der Waals surface area contributed by atoms with Crippen molar-refractivity contribution in [1.29, 1.82) is 10.8 Å². The van der Waals surface area contributed by atoms with Gasteiger partial charge in [-0.05, 0) is 55.0 Å². The molecule has 0 spiro atoms. The van der Waals surface area contributed by atoms with Crippen LogP contribution in [0.3, 0.4) is 0 Å². The number of benzene rings is 3. The Bertz CT molecular complexity index is 1560. The lowest BCUT2D eigenvalue weighted by atomic mass is 10.0. The Balaban J connectivity index is 0.00000450. The number of amides is 2. The maximum Gasteiger partial charge on any atom is 0.244 e. The first-order chi connectivity index (χ1) is 27.3. The van der Waals surface area contributed by atoms with Gasteiger partial charge in [0.15, 0.2) is 11.9 Å². The summed E-state index contributed by atoms with van der Waals surface area (Å²) in [6, 6.07) is 28.3. The van der Waals surface area contributed by atoms with Crippen molar-refractivity contribution in [2.24, 2.45) is 0 Å². The van der Waals surface area contributed by atoms with E-state index >= 15 is 0 Å². The quantitative estimate of drug-likeness (QED) is 0.0671. The molecule has 0 unspecified atom stereocenters. The van der Waals surface area contributed by atoms with Crippen LogP contribution in [0.1, 0.15) is 102 Å². The van der Waals surface area contributed by atoms with Crippen molar-refractivity contribution in [3.63, 3.8) is 0 Å². The number of nitrogens with one attached hydrogen (secondary N) is 4. The van der Waals surface area contributed by atoms with Crippen LogP contribution in [0.15, 0.2) is 84.9 Å². The lowest BCUT2D eigenvalue weighted by Gasteiger charge is -2.25. The third-order valence-electron chi connectivity index (χ3n) is 11.1. The largest absolute Gasteiger partial charge is 0.338 e. The van der Waals surface area contributed by atoms with E-state index < -0.39 is 0 Å². The topological polar surface area (TPSA) is 119 Å². The number of unbranched alkanes of at least 4 members (excludes halogenated alkanes) is 10. The molecule has 2 aliphatic heterocycles. The molecule has 58 heavy (non-hydrogen) atoms. The molecule has 10 nitrogen and oxygen atoms in total. The summed E-state index contributed by atoms with van der Waals surface area (Å²) in [6.45, 7) is 7.54. The first-order valence-corrected chi connectivity index (χ1v) is 21.3. The fourth-order valence-corrected chi connectivity index (χ4v) is 8.11. The number of hydrogen-bond donors (Lipinski definition) is 4. The summed E-state index contributed by atoms with van der Waals surface area (Å²) in [5, 5.41) is 24.1. The van der Waals surface area contributed by atoms with Gasteiger partial charge in [-0.15, -0.1) is 0 Å². The SMILES string of the molecule is CCCCCCCCN1C(=N)N(CC(=O)Nc2cccc(NC(=O)CN3C[C@H](Cc4ccccc4)N(CCCCCCCC)C3=N)c2)C[C@@H]1Cc1ccccc1.S.S. The average Bonchev–Trinajstić information content (AvgIpc) is 3.63. The third-order valence-corrected chi connectivity index (χ3v) is 11.1. The Kier molecular flexibility index (Phi) is 21.6. The summed E-state index contributed by atoms with van der Waals surface area (Å²) in [5.74, 6) is 0.441. The van der Waals surface area contributed by atoms with Crippen molar-refractivity contribution < 1.29 is 9.59 Å². The molecule has 3 aromatic carbocycles. The van der Waals surface area contributed by atoms with Crippen molar-refractivity contribution in [3.8, 4) is 0 Å². The van der Waals surface area contributed by atoms with Crippen LogP contribution >= 0.6 is 27.0 Å². The normalized spacial score (nSPS) is 16.3. The van der Waals surface area contributed by atoms with Gasteiger partial charge in [-0.3, -0.25) is 20.4 Å². The van der Waals surface area contributed by atoms with E-state index in [1.54, 1.807) is 6.07 Å². The molecule has 12 heteroatoms. The second kappa shape index (κ2) is 26.0. The second-order valence-electron chi connectivity index (χ2n) is 15.7. The molecule has 2 fully saturated rings. The highest BCUT2D eigenvalue weighted by molar-refractivity contribution is 7.59. The fourth-order valence-electron chi connectivity index (χ4n) is 8.11. The Hall–Kier alpha value is -4.16. The monoisotopic (exact) mass is 831 g/mol. The highest BCUT2D eigenvalue weighted by Gasteiger charge is 2.36. The van der Waals surface area contributed by atoms with Gasteiger partial charge in [0.2, 0.25) is 11.8 Å². The predicted molar refractivity (Wildman–Crippen MR) is 251 cm³/mol. The molecule has 4 N–H and O–H groups in total. The minimum absolute atomic E-state index is 0. The van der Waals surface area contributed by atoms with Crippen molar-refractivity contribution >= 4 is 62.1 Å². The van der Waals surface area contributed by atoms with E-state index in [4.69, 9.17) is 10.8 Å². The number of carbonyl (C=O) groups excluding carboxylic acids is 2. The summed E-state index contributed by atoms with van der Waals surface area (Å²) in [7, 11) is 0. The first-order valence-electron chi connectivity index (χ1n) is 21.3. The van der Waals surface area contributed by atoms with Gasteiger partial charge < -0.3 is 30.2 Å². The number of rotatable bonds is 24. The molecule has 0 aliphatic carbocycles. The van der Waals surface area contributed by atoms with Gasteiger partial charge in [0.25, 0.3) is 0 Å². The number of guanidine groups is 2. The van der Waals surface area contributed by atoms with E-state index in [0.29, 0.717) is 36.4 Å². The molecule has 3 aromatic rings. The van der Waals surface area contributed by atoms with E-state index in [1.807, 2.05) is 40.1 Å². The van der Waals surface area contributed by atoms with E-state index in [2.05, 4.69) is 82.8 Å². The zero-order valence-corrected chi connectivity index (χ0v) is 37.0. The van der Waals surface area contributed by atoms with Crippen molar-refractivity contribution in [2.75, 3.05) is 49.9 Å². The van der Waals surface area contributed by atoms with Crippen LogP contribution in [-0.4, -0.2) is 94.7 Å². The lowest BCUT2D eigenvalue weighted by Crippen LogP contribution is -2.39. The maximum absolute atomic E-state index is 13.4. The summed E-state index contributed by atoms with van der Waals surface area (Å²) >= 11 is 0. The average molecular weight is 831 g/mol. The molecule has 0 radical (unpaired) electrons. The zero-order chi connectivity index (χ0) is 39.5. The Morgan fingerprint density at radius 1 is 0.552 bits per heavy atom. The van der Waals surface area contributed by atoms with Crippen molar-refractivity contribution in [2.45, 2.75) is 116 Å². The molecule has 0 saturated carbocycles. The Labute approximate surface area is 362 Å². The highest BCUT2D eigenvalue weighted by Crippen LogP contribution is 2.23. The number of hydrogen-bond acceptors (Lipinski definition) is 4. The molecule has 2 heterocycles. The van der Waals surface area contributed by atoms with Crippen LogP contribution in [0, 0.1) is 10.8 Å². The summed E-state index contributed by atoms with van der Waals surface area (Å²) in [4.78, 5) is 34.9. The maximum atomic E-state index is 13.4. The van der Waals surface area contributed by atoms with Gasteiger partial charge in [0.1, 0.15) is 13.1 Å². The van der Waals surface area contributed by atoms with E-state index in [1.165, 1.54) is 62.5 Å². The van der Waals surface area contributed by atoms with Crippen LogP contribution in [0.5, 0.6) is 0 Å². The number of carbonyl (C=O) groups is 2. The number of anilines is 2. The van der Waals surface area contributed by atoms with Crippen LogP contribution in [0.25, 0.3) is 0 Å². The van der Waals surface area contributed by atoms with Gasteiger partial charge in [-0.1, -0.05) is 145 Å². The molecule has 2 amide bonds. The third kappa shape index (κ3) is 15.2. The molecule has 0 bridgehead atoms. The zero-order valence-electron chi connectivity index (χ0n) is 35.0. The molecule has 0 aromatic heterocycles. The van der Waals surface area contributed by atoms with Gasteiger partial charge in [-0.2, -0.15) is 27.0 Å². The molecular weight excluding hydrogens is 761 g/mol. The minimum Gasteiger partial charge on any atom is -0.338 e. The Morgan fingerprint density at radius 2 is 0.931 bits per heavy atom. The van der Waals surface area contributed by atoms with Crippen LogP contribution in [0.4, 0.5) is 11.4 Å². The van der Waals surface area contributed by atoms with Gasteiger partial charge in [0.05, 0.1) is 12.1 Å². The predicted octanol–water partition coefficient (Wildman–Crippen LogP) is 8.84. The lowest BCUT2D eigenvalue weighted by molar-refractivity contribution is -0.117. The van der Waals surface area contributed by atoms with E-state index in [-0.39, 0.29) is 64.0 Å². The van der Waals surface area contributed by atoms with Crippen LogP contribution < -0.4 is 10.6 Å². The van der Waals surface area contributed by atoms with Gasteiger partial charge in [0, 0.05) is 37.6 Å².